The normalized spacial score (nSPS) is 14.0. The van der Waals surface area contributed by atoms with Crippen molar-refractivity contribution in [2.75, 3.05) is 0 Å². The lowest BCUT2D eigenvalue weighted by Crippen LogP contribution is -2.14. The number of nitrogens with zero attached hydrogens (tertiary/aromatic N) is 1. The standard InChI is InChI=1S/C36H27N/c1-36(2)31-15-9-8-12-26(31)27-18-16-22(20-32(27)36)23-17-19-30-33(21-23)37(3)35-29-14-7-5-11-25(29)24-10-4-6-13-28(24)34(30)35/h4-21H,1-3H3. The highest BCUT2D eigenvalue weighted by molar-refractivity contribution is 6.31. The molecule has 0 unspecified atom stereocenters. The summed E-state index contributed by atoms with van der Waals surface area (Å²) < 4.78 is 2.40. The van der Waals surface area contributed by atoms with Crippen LogP contribution in [0.3, 0.4) is 0 Å². The molecule has 0 saturated carbocycles. The largest absolute Gasteiger partial charge is 0.343 e. The summed E-state index contributed by atoms with van der Waals surface area (Å²) in [5, 5.41) is 7.95. The first-order valence-electron chi connectivity index (χ1n) is 13.1. The summed E-state index contributed by atoms with van der Waals surface area (Å²) in [7, 11) is 2.22. The van der Waals surface area contributed by atoms with Gasteiger partial charge < -0.3 is 4.57 Å². The number of rotatable bonds is 1. The van der Waals surface area contributed by atoms with E-state index in [1.807, 2.05) is 0 Å². The third-order valence-corrected chi connectivity index (χ3v) is 8.79. The van der Waals surface area contributed by atoms with Gasteiger partial charge in [-0.1, -0.05) is 111 Å². The number of aromatic nitrogens is 1. The molecule has 7 aromatic rings. The summed E-state index contributed by atoms with van der Waals surface area (Å²) in [4.78, 5) is 0. The molecule has 1 nitrogen and oxygen atoms in total. The summed E-state index contributed by atoms with van der Waals surface area (Å²) in [5.41, 5.74) is 10.7. The Bertz CT molecular complexity index is 2070. The molecule has 0 fully saturated rings. The molecular weight excluding hydrogens is 446 g/mol. The topological polar surface area (TPSA) is 4.93 Å². The molecular formula is C36H27N. The Balaban J connectivity index is 1.40. The molecule has 37 heavy (non-hydrogen) atoms. The van der Waals surface area contributed by atoms with Crippen LogP contribution in [0.4, 0.5) is 0 Å². The molecule has 1 aliphatic carbocycles. The lowest BCUT2D eigenvalue weighted by atomic mass is 9.81. The van der Waals surface area contributed by atoms with E-state index in [2.05, 4.69) is 135 Å². The van der Waals surface area contributed by atoms with Crippen LogP contribution < -0.4 is 0 Å². The zero-order valence-corrected chi connectivity index (χ0v) is 21.3. The van der Waals surface area contributed by atoms with Gasteiger partial charge in [0.25, 0.3) is 0 Å². The number of fused-ring (bicyclic) bond motifs is 11. The quantitative estimate of drug-likeness (QED) is 0.209. The molecule has 0 atom stereocenters. The molecule has 1 aromatic heterocycles. The molecule has 0 bridgehead atoms. The van der Waals surface area contributed by atoms with Crippen LogP contribution >= 0.6 is 0 Å². The van der Waals surface area contributed by atoms with E-state index in [4.69, 9.17) is 0 Å². The molecule has 1 aliphatic rings. The van der Waals surface area contributed by atoms with E-state index in [1.165, 1.54) is 76.7 Å². The minimum absolute atomic E-state index is 0.00350. The second-order valence-electron chi connectivity index (χ2n) is 11.0. The molecule has 0 radical (unpaired) electrons. The van der Waals surface area contributed by atoms with Crippen molar-refractivity contribution in [1.29, 1.82) is 0 Å². The van der Waals surface area contributed by atoms with Crippen LogP contribution in [-0.4, -0.2) is 4.57 Å². The fourth-order valence-corrected chi connectivity index (χ4v) is 6.95. The second-order valence-corrected chi connectivity index (χ2v) is 11.0. The van der Waals surface area contributed by atoms with Crippen molar-refractivity contribution in [2.24, 2.45) is 7.05 Å². The summed E-state index contributed by atoms with van der Waals surface area (Å²) in [6, 6.07) is 40.6. The van der Waals surface area contributed by atoms with E-state index < -0.39 is 0 Å². The van der Waals surface area contributed by atoms with Crippen molar-refractivity contribution >= 4 is 43.4 Å². The minimum atomic E-state index is 0.00350. The first-order chi connectivity index (χ1) is 18.0. The maximum atomic E-state index is 2.42. The van der Waals surface area contributed by atoms with Crippen LogP contribution in [0.2, 0.25) is 0 Å². The molecule has 1 heteroatoms. The van der Waals surface area contributed by atoms with Gasteiger partial charge in [-0.3, -0.25) is 0 Å². The van der Waals surface area contributed by atoms with Crippen molar-refractivity contribution in [3.63, 3.8) is 0 Å². The highest BCUT2D eigenvalue weighted by Crippen LogP contribution is 2.49. The molecule has 176 valence electrons. The zero-order valence-electron chi connectivity index (χ0n) is 21.3. The van der Waals surface area contributed by atoms with Gasteiger partial charge in [-0.25, -0.2) is 0 Å². The molecule has 0 spiro atoms. The van der Waals surface area contributed by atoms with E-state index in [0.29, 0.717) is 0 Å². The number of hydrogen-bond donors (Lipinski definition) is 0. The first kappa shape index (κ1) is 20.8. The Morgan fingerprint density at radius 1 is 0.514 bits per heavy atom. The fraction of sp³-hybridized carbons (Fsp3) is 0.111. The average molecular weight is 474 g/mol. The van der Waals surface area contributed by atoms with Crippen LogP contribution in [0.25, 0.3) is 65.6 Å². The van der Waals surface area contributed by atoms with Gasteiger partial charge >= 0.3 is 0 Å². The van der Waals surface area contributed by atoms with Crippen molar-refractivity contribution in [1.82, 2.24) is 4.57 Å². The van der Waals surface area contributed by atoms with Gasteiger partial charge in [-0.05, 0) is 61.7 Å². The monoisotopic (exact) mass is 473 g/mol. The van der Waals surface area contributed by atoms with Crippen LogP contribution in [-0.2, 0) is 12.5 Å². The predicted molar refractivity (Wildman–Crippen MR) is 158 cm³/mol. The highest BCUT2D eigenvalue weighted by Gasteiger charge is 2.35. The van der Waals surface area contributed by atoms with Crippen LogP contribution in [0.5, 0.6) is 0 Å². The Hall–Kier alpha value is -4.36. The maximum Gasteiger partial charge on any atom is 0.0574 e. The van der Waals surface area contributed by atoms with Crippen molar-refractivity contribution in [3.05, 3.63) is 120 Å². The van der Waals surface area contributed by atoms with Crippen LogP contribution in [0.15, 0.2) is 109 Å². The second kappa shape index (κ2) is 7.11. The van der Waals surface area contributed by atoms with E-state index >= 15 is 0 Å². The molecule has 8 rings (SSSR count). The number of benzene rings is 6. The highest BCUT2D eigenvalue weighted by atomic mass is 14.9. The Morgan fingerprint density at radius 3 is 1.92 bits per heavy atom. The predicted octanol–water partition coefficient (Wildman–Crippen LogP) is 9.61. The van der Waals surface area contributed by atoms with Gasteiger partial charge in [0.2, 0.25) is 0 Å². The summed E-state index contributed by atoms with van der Waals surface area (Å²) >= 11 is 0. The summed E-state index contributed by atoms with van der Waals surface area (Å²) in [6.45, 7) is 4.70. The SMILES string of the molecule is Cn1c2cc(-c3ccc4c(c3)C(C)(C)c3ccccc3-4)ccc2c2c3ccccc3c3ccccc3c21. The minimum Gasteiger partial charge on any atom is -0.343 e. The van der Waals surface area contributed by atoms with E-state index in [-0.39, 0.29) is 5.41 Å². The van der Waals surface area contributed by atoms with Gasteiger partial charge in [0, 0.05) is 34.1 Å². The molecule has 0 saturated heterocycles. The van der Waals surface area contributed by atoms with Gasteiger partial charge in [0.15, 0.2) is 0 Å². The maximum absolute atomic E-state index is 2.42. The third-order valence-electron chi connectivity index (χ3n) is 8.79. The number of aryl methyl sites for hydroxylation is 1. The van der Waals surface area contributed by atoms with Crippen molar-refractivity contribution in [2.45, 2.75) is 19.3 Å². The lowest BCUT2D eigenvalue weighted by Gasteiger charge is -2.22. The molecule has 6 aromatic carbocycles. The van der Waals surface area contributed by atoms with Gasteiger partial charge in [-0.2, -0.15) is 0 Å². The first-order valence-corrected chi connectivity index (χ1v) is 13.1. The zero-order chi connectivity index (χ0) is 24.9. The average Bonchev–Trinajstić information content (AvgIpc) is 3.37. The molecule has 0 amide bonds. The molecule has 1 heterocycles. The lowest BCUT2D eigenvalue weighted by molar-refractivity contribution is 0.660. The fourth-order valence-electron chi connectivity index (χ4n) is 6.95. The van der Waals surface area contributed by atoms with Gasteiger partial charge in [0.1, 0.15) is 0 Å². The van der Waals surface area contributed by atoms with Crippen LogP contribution in [0, 0.1) is 0 Å². The third kappa shape index (κ3) is 2.64. The van der Waals surface area contributed by atoms with E-state index in [0.717, 1.165) is 0 Å². The summed E-state index contributed by atoms with van der Waals surface area (Å²) in [6.07, 6.45) is 0. The number of hydrogen-bond acceptors (Lipinski definition) is 0. The van der Waals surface area contributed by atoms with Crippen molar-refractivity contribution < 1.29 is 0 Å². The van der Waals surface area contributed by atoms with E-state index in [9.17, 15) is 0 Å². The van der Waals surface area contributed by atoms with Gasteiger partial charge in [-0.15, -0.1) is 0 Å². The molecule has 0 N–H and O–H groups in total. The van der Waals surface area contributed by atoms with Crippen molar-refractivity contribution in [3.8, 4) is 22.3 Å². The smallest absolute Gasteiger partial charge is 0.0574 e. The Kier molecular flexibility index (Phi) is 4.00. The van der Waals surface area contributed by atoms with Gasteiger partial charge in [0.05, 0.1) is 5.52 Å². The van der Waals surface area contributed by atoms with E-state index in [1.54, 1.807) is 0 Å². The summed E-state index contributed by atoms with van der Waals surface area (Å²) in [5.74, 6) is 0. The molecule has 0 aliphatic heterocycles. The Labute approximate surface area is 216 Å². The Morgan fingerprint density at radius 2 is 1.11 bits per heavy atom. The van der Waals surface area contributed by atoms with Crippen LogP contribution in [0.1, 0.15) is 25.0 Å².